The highest BCUT2D eigenvalue weighted by Gasteiger charge is 2.21. The molecule has 1 saturated heterocycles. The zero-order valence-electron chi connectivity index (χ0n) is 10.1. The molecule has 0 unspecified atom stereocenters. The first kappa shape index (κ1) is 13.8. The second-order valence-electron chi connectivity index (χ2n) is 4.69. The molecule has 1 atom stereocenters. The Hall–Kier alpha value is -0.650. The summed E-state index contributed by atoms with van der Waals surface area (Å²) in [6, 6.07) is 3.43. The van der Waals surface area contributed by atoms with Crippen LogP contribution in [0.15, 0.2) is 18.3 Å². The summed E-state index contributed by atoms with van der Waals surface area (Å²) in [5.41, 5.74) is 0.690. The van der Waals surface area contributed by atoms with E-state index in [1.165, 1.54) is 6.20 Å². The van der Waals surface area contributed by atoms with Gasteiger partial charge in [0.25, 0.3) is 0 Å². The van der Waals surface area contributed by atoms with Gasteiger partial charge >= 0.3 is 0 Å². The number of halogens is 1. The molecule has 18 heavy (non-hydrogen) atoms. The maximum absolute atomic E-state index is 12.1. The summed E-state index contributed by atoms with van der Waals surface area (Å²) in [7, 11) is -3.09. The van der Waals surface area contributed by atoms with Gasteiger partial charge in [0.05, 0.1) is 11.5 Å². The van der Waals surface area contributed by atoms with Crippen LogP contribution in [0, 0.1) is 0 Å². The highest BCUT2D eigenvalue weighted by Crippen LogP contribution is 2.13. The molecule has 0 spiro atoms. The molecule has 2 heterocycles. The number of nitrogens with one attached hydrogen (secondary N) is 1. The Balaban J connectivity index is 1.96. The number of sulfone groups is 1. The molecule has 1 fully saturated rings. The van der Waals surface area contributed by atoms with E-state index in [9.17, 15) is 8.42 Å². The molecular weight excluding hydrogens is 272 g/mol. The molecule has 4 nitrogen and oxygen atoms in total. The molecule has 1 aliphatic rings. The van der Waals surface area contributed by atoms with Crippen LogP contribution in [0.3, 0.4) is 0 Å². The molecule has 0 saturated carbocycles. The zero-order chi connectivity index (χ0) is 13.0. The van der Waals surface area contributed by atoms with Gasteiger partial charge in [0.15, 0.2) is 9.84 Å². The van der Waals surface area contributed by atoms with Crippen molar-refractivity contribution < 1.29 is 8.42 Å². The summed E-state index contributed by atoms with van der Waals surface area (Å²) in [5.74, 6) is 0.241. The van der Waals surface area contributed by atoms with Crippen LogP contribution in [-0.2, 0) is 15.6 Å². The fraction of sp³-hybridized carbons (Fsp3) is 0.583. The summed E-state index contributed by atoms with van der Waals surface area (Å²) >= 11 is 5.67. The molecule has 2 rings (SSSR count). The highest BCUT2D eigenvalue weighted by molar-refractivity contribution is 7.90. The zero-order valence-corrected chi connectivity index (χ0v) is 11.7. The van der Waals surface area contributed by atoms with Gasteiger partial charge in [0.1, 0.15) is 5.15 Å². The number of rotatable bonds is 4. The van der Waals surface area contributed by atoms with Crippen molar-refractivity contribution in [2.75, 3.05) is 12.3 Å². The normalized spacial score (nSPS) is 20.8. The van der Waals surface area contributed by atoms with Crippen LogP contribution in [-0.4, -0.2) is 31.7 Å². The molecular formula is C12H17ClN2O2S. The first-order valence-corrected chi connectivity index (χ1v) is 8.29. The highest BCUT2D eigenvalue weighted by atomic mass is 35.5. The molecule has 1 aromatic rings. The van der Waals surface area contributed by atoms with E-state index in [4.69, 9.17) is 11.6 Å². The van der Waals surface area contributed by atoms with E-state index in [0.29, 0.717) is 10.7 Å². The fourth-order valence-electron chi connectivity index (χ4n) is 2.18. The fourth-order valence-corrected chi connectivity index (χ4v) is 3.98. The molecule has 0 aliphatic carbocycles. The van der Waals surface area contributed by atoms with Gasteiger partial charge in [-0.05, 0) is 31.0 Å². The number of piperidine rings is 1. The maximum Gasteiger partial charge on any atom is 0.156 e. The van der Waals surface area contributed by atoms with E-state index >= 15 is 0 Å². The quantitative estimate of drug-likeness (QED) is 0.858. The van der Waals surface area contributed by atoms with E-state index < -0.39 is 9.84 Å². The Morgan fingerprint density at radius 3 is 2.83 bits per heavy atom. The van der Waals surface area contributed by atoms with Crippen LogP contribution in [0.5, 0.6) is 0 Å². The Labute approximate surface area is 113 Å². The predicted molar refractivity (Wildman–Crippen MR) is 72.4 cm³/mol. The molecule has 0 radical (unpaired) electrons. The summed E-state index contributed by atoms with van der Waals surface area (Å²) in [6.07, 6.45) is 4.71. The molecule has 0 amide bonds. The smallest absolute Gasteiger partial charge is 0.156 e. The molecule has 1 N–H and O–H groups in total. The lowest BCUT2D eigenvalue weighted by atomic mass is 10.1. The average molecular weight is 289 g/mol. The van der Waals surface area contributed by atoms with Crippen molar-refractivity contribution in [1.82, 2.24) is 10.3 Å². The van der Waals surface area contributed by atoms with Gasteiger partial charge < -0.3 is 5.32 Å². The van der Waals surface area contributed by atoms with E-state index in [2.05, 4.69) is 10.3 Å². The van der Waals surface area contributed by atoms with Crippen molar-refractivity contribution in [1.29, 1.82) is 0 Å². The van der Waals surface area contributed by atoms with Crippen LogP contribution in [0.1, 0.15) is 24.8 Å². The van der Waals surface area contributed by atoms with Crippen molar-refractivity contribution >= 4 is 21.4 Å². The van der Waals surface area contributed by atoms with E-state index in [1.54, 1.807) is 12.1 Å². The Kier molecular flexibility index (Phi) is 4.59. The van der Waals surface area contributed by atoms with E-state index in [1.807, 2.05) is 0 Å². The second-order valence-corrected chi connectivity index (χ2v) is 7.19. The van der Waals surface area contributed by atoms with Crippen LogP contribution >= 0.6 is 11.6 Å². The van der Waals surface area contributed by atoms with Gasteiger partial charge in [-0.15, -0.1) is 0 Å². The van der Waals surface area contributed by atoms with Gasteiger partial charge in [-0.1, -0.05) is 24.1 Å². The van der Waals surface area contributed by atoms with Crippen molar-refractivity contribution in [2.45, 2.75) is 31.1 Å². The van der Waals surface area contributed by atoms with Gasteiger partial charge in [0.2, 0.25) is 0 Å². The SMILES string of the molecule is O=S(=O)(Cc1ccc(Cl)nc1)C[C@@H]1CCCCN1. The standard InChI is InChI=1S/C12H17ClN2O2S/c13-12-5-4-10(7-15-12)8-18(16,17)9-11-3-1-2-6-14-11/h4-5,7,11,14H,1-3,6,8-9H2/t11-/m0/s1. The Morgan fingerprint density at radius 2 is 2.22 bits per heavy atom. The third-order valence-electron chi connectivity index (χ3n) is 3.04. The monoisotopic (exact) mass is 288 g/mol. The number of pyridine rings is 1. The summed E-state index contributed by atoms with van der Waals surface area (Å²) < 4.78 is 24.1. The predicted octanol–water partition coefficient (Wildman–Crippen LogP) is 1.79. The van der Waals surface area contributed by atoms with Crippen molar-refractivity contribution in [3.8, 4) is 0 Å². The molecule has 0 bridgehead atoms. The van der Waals surface area contributed by atoms with Crippen LogP contribution < -0.4 is 5.32 Å². The lowest BCUT2D eigenvalue weighted by molar-refractivity contribution is 0.423. The molecule has 0 aromatic carbocycles. The minimum atomic E-state index is -3.09. The molecule has 1 aliphatic heterocycles. The van der Waals surface area contributed by atoms with Gasteiger partial charge in [-0.25, -0.2) is 13.4 Å². The maximum atomic E-state index is 12.1. The number of nitrogens with zero attached hydrogens (tertiary/aromatic N) is 1. The van der Waals surface area contributed by atoms with Crippen molar-refractivity contribution in [3.63, 3.8) is 0 Å². The van der Waals surface area contributed by atoms with Crippen LogP contribution in [0.25, 0.3) is 0 Å². The van der Waals surface area contributed by atoms with Gasteiger partial charge in [0, 0.05) is 12.2 Å². The summed E-state index contributed by atoms with van der Waals surface area (Å²) in [4.78, 5) is 3.90. The molecule has 6 heteroatoms. The van der Waals surface area contributed by atoms with Crippen LogP contribution in [0.4, 0.5) is 0 Å². The first-order chi connectivity index (χ1) is 8.55. The lowest BCUT2D eigenvalue weighted by Gasteiger charge is -2.23. The third-order valence-corrected chi connectivity index (χ3v) is 4.95. The topological polar surface area (TPSA) is 59.1 Å². The molecule has 100 valence electrons. The largest absolute Gasteiger partial charge is 0.313 e. The molecule has 1 aromatic heterocycles. The number of aromatic nitrogens is 1. The average Bonchev–Trinajstić information content (AvgIpc) is 2.32. The first-order valence-electron chi connectivity index (χ1n) is 6.09. The van der Waals surface area contributed by atoms with Crippen molar-refractivity contribution in [2.24, 2.45) is 0 Å². The van der Waals surface area contributed by atoms with E-state index in [-0.39, 0.29) is 17.5 Å². The van der Waals surface area contributed by atoms with Gasteiger partial charge in [-0.2, -0.15) is 0 Å². The number of hydrogen-bond acceptors (Lipinski definition) is 4. The van der Waals surface area contributed by atoms with Crippen LogP contribution in [0.2, 0.25) is 5.15 Å². The Morgan fingerprint density at radius 1 is 1.39 bits per heavy atom. The lowest BCUT2D eigenvalue weighted by Crippen LogP contribution is -2.39. The summed E-state index contributed by atoms with van der Waals surface area (Å²) in [5, 5.41) is 3.63. The van der Waals surface area contributed by atoms with E-state index in [0.717, 1.165) is 25.8 Å². The number of hydrogen-bond donors (Lipinski definition) is 1. The van der Waals surface area contributed by atoms with Gasteiger partial charge in [-0.3, -0.25) is 0 Å². The van der Waals surface area contributed by atoms with Crippen molar-refractivity contribution in [3.05, 3.63) is 29.0 Å². The Bertz CT molecular complexity index is 481. The minimum Gasteiger partial charge on any atom is -0.313 e. The summed E-state index contributed by atoms with van der Waals surface area (Å²) in [6.45, 7) is 0.919. The minimum absolute atomic E-state index is 0.0371. The third kappa shape index (κ3) is 4.23. The second kappa shape index (κ2) is 5.99.